The van der Waals surface area contributed by atoms with E-state index in [1.54, 1.807) is 31.4 Å². The number of aromatic hydroxyl groups is 1. The van der Waals surface area contributed by atoms with Crippen molar-refractivity contribution in [1.82, 2.24) is 0 Å². The average molecular weight is 1850 g/mol. The molecule has 0 heterocycles. The van der Waals surface area contributed by atoms with Crippen LogP contribution < -0.4 is 9.47 Å². The molecule has 0 fully saturated rings. The Labute approximate surface area is 770 Å². The molecular formula is C104H153F5O14S4. The first-order valence-electron chi connectivity index (χ1n) is 38.7. The Bertz CT molecular complexity index is 4370. The summed E-state index contributed by atoms with van der Waals surface area (Å²) in [7, 11) is -9.37. The highest BCUT2D eigenvalue weighted by atomic mass is 32.2. The molecule has 0 bridgehead atoms. The van der Waals surface area contributed by atoms with Crippen molar-refractivity contribution in [2.75, 3.05) is 13.7 Å². The van der Waals surface area contributed by atoms with E-state index in [1.807, 2.05) is 90.1 Å². The Kier molecular flexibility index (Phi) is 66.3. The monoisotopic (exact) mass is 1850 g/mol. The minimum atomic E-state index is -6.66. The zero-order chi connectivity index (χ0) is 87.2. The highest BCUT2D eigenvalue weighted by molar-refractivity contribution is 7.97. The summed E-state index contributed by atoms with van der Waals surface area (Å²) in [6, 6.07) is 93.7. The maximum atomic E-state index is 13.0. The molecule has 0 saturated heterocycles. The van der Waals surface area contributed by atoms with Gasteiger partial charge in [0.25, 0.3) is 6.10 Å². The second-order valence-electron chi connectivity index (χ2n) is 28.4. The van der Waals surface area contributed by atoms with Crippen LogP contribution in [-0.4, -0.2) is 80.5 Å². The maximum absolute atomic E-state index is 13.0. The Hall–Kier alpha value is -9.33. The number of ether oxygens (including phenoxy) is 5. The molecule has 6 atom stereocenters. The summed E-state index contributed by atoms with van der Waals surface area (Å²) in [5, 5.41) is 3.20. The lowest BCUT2D eigenvalue weighted by Crippen LogP contribution is -2.53. The van der Waals surface area contributed by atoms with Crippen molar-refractivity contribution in [2.24, 2.45) is 10.8 Å². The molecule has 6 unspecified atom stereocenters. The van der Waals surface area contributed by atoms with Gasteiger partial charge in [-0.05, 0) is 242 Å². The number of hydrogen-bond donors (Lipinski definition) is 1. The molecule has 0 aliphatic heterocycles. The molecule has 14 nitrogen and oxygen atoms in total. The normalized spacial score (nSPS) is 12.0. The van der Waals surface area contributed by atoms with Gasteiger partial charge in [-0.25, -0.2) is 16.8 Å². The van der Waals surface area contributed by atoms with E-state index in [9.17, 15) is 57.5 Å². The van der Waals surface area contributed by atoms with E-state index in [1.165, 1.54) is 59.6 Å². The lowest BCUT2D eigenvalue weighted by molar-refractivity contribution is -0.262. The van der Waals surface area contributed by atoms with E-state index in [2.05, 4.69) is 240 Å². The number of phenolic OH excluding ortho intramolecular Hbond substituents is 1. The quantitative estimate of drug-likeness (QED) is 0.0167. The fourth-order valence-corrected chi connectivity index (χ4v) is 15.4. The van der Waals surface area contributed by atoms with Gasteiger partial charge in [-0.3, -0.25) is 9.59 Å². The molecule has 10 aromatic carbocycles. The third kappa shape index (κ3) is 44.0. The number of carbonyl (C=O) groups is 2. The van der Waals surface area contributed by atoms with Gasteiger partial charge < -0.3 is 37.9 Å². The van der Waals surface area contributed by atoms with Crippen LogP contribution in [0, 0.1) is 10.8 Å². The summed E-state index contributed by atoms with van der Waals surface area (Å²) < 4.78 is 151. The summed E-state index contributed by atoms with van der Waals surface area (Å²) in [5.41, 5.74) is 2.70. The highest BCUT2D eigenvalue weighted by Gasteiger charge is 2.63. The predicted octanol–water partition coefficient (Wildman–Crippen LogP) is 30.7. The van der Waals surface area contributed by atoms with Gasteiger partial charge in [0.2, 0.25) is 0 Å². The minimum Gasteiger partial charge on any atom is -0.744 e. The lowest BCUT2D eigenvalue weighted by atomic mass is 9.90. The number of esters is 2. The first-order chi connectivity index (χ1) is 55.2. The zero-order valence-corrected chi connectivity index (χ0v) is 72.8. The van der Waals surface area contributed by atoms with Crippen LogP contribution in [0.4, 0.5) is 22.0 Å². The largest absolute Gasteiger partial charge is 0.744 e. The number of alkyl halides is 5. The van der Waals surface area contributed by atoms with Gasteiger partial charge in [0.1, 0.15) is 33.5 Å². The molecule has 0 spiro atoms. The van der Waals surface area contributed by atoms with Gasteiger partial charge in [-0.2, -0.15) is 22.0 Å². The molecule has 127 heavy (non-hydrogen) atoms. The number of methoxy groups -OCH3 is 1. The standard InChI is InChI=1S/2C18H15S.C15H22O3.C14H22O2.C10H14O3S.C10H14O.C9H13F5O5S.10CH4/c2*1-4-10-16(11-5-1)19(17-12-6-2-7-13-17)18-14-8-3-9-15-18;1-6-15(3,4)14(16)18-11(2)12-7-9-13(17-5)10-8-12;1-5-11(3)13-7-9-14(10-8-13)16-12(4)15-6-2;1-3-8(2)9-4-6-10(7-5-9)14(11,12)13;1-3-8(2)9-4-6-10(11)7-5-9;1-4-7(2,3)6(15)19-5(8(10,11)12)9(13,14)20(16,17)18;;;;;;;;;;/h2*1-15H;7-11H,6H2,1-5H3;7-12H,5-6H2,1-4H3;4-8H,3H2,1-2H3,(H,11,12,13);4-8,11H,3H2,1-2H3;5H,4H2,1-3H3,(H,16,17,18);10*1H4/q2*+1;;;;;;;;;;;;;;;/p-2. The van der Waals surface area contributed by atoms with Gasteiger partial charge in [0.05, 0.1) is 44.6 Å². The van der Waals surface area contributed by atoms with Crippen LogP contribution in [0.2, 0.25) is 0 Å². The predicted molar refractivity (Wildman–Crippen MR) is 523 cm³/mol. The number of phenols is 1. The number of hydrogen-bond acceptors (Lipinski definition) is 14. The van der Waals surface area contributed by atoms with Crippen LogP contribution in [-0.2, 0) is 65.8 Å². The Balaban J connectivity index is -0.000000263. The lowest BCUT2D eigenvalue weighted by Gasteiger charge is -2.32. The Morgan fingerprint density at radius 3 is 0.890 bits per heavy atom. The number of halogens is 5. The molecule has 10 aromatic rings. The first-order valence-corrected chi connectivity index (χ1v) is 44.0. The molecule has 0 saturated carbocycles. The number of benzene rings is 10. The van der Waals surface area contributed by atoms with Crippen molar-refractivity contribution in [2.45, 2.75) is 292 Å². The maximum Gasteiger partial charge on any atom is 0.432 e. The Morgan fingerprint density at radius 1 is 0.386 bits per heavy atom. The van der Waals surface area contributed by atoms with Crippen LogP contribution in [0.3, 0.4) is 0 Å². The summed E-state index contributed by atoms with van der Waals surface area (Å²) in [6.45, 7) is 28.7. The van der Waals surface area contributed by atoms with Crippen LogP contribution in [0.1, 0.15) is 256 Å². The zero-order valence-electron chi connectivity index (χ0n) is 69.5. The van der Waals surface area contributed by atoms with Gasteiger partial charge in [0.15, 0.2) is 45.8 Å². The first kappa shape index (κ1) is 131. The van der Waals surface area contributed by atoms with Crippen LogP contribution in [0.5, 0.6) is 17.2 Å². The Morgan fingerprint density at radius 2 is 0.646 bits per heavy atom. The van der Waals surface area contributed by atoms with Crippen LogP contribution in [0.15, 0.2) is 313 Å². The summed E-state index contributed by atoms with van der Waals surface area (Å²) >= 11 is 0. The molecule has 0 amide bonds. The molecule has 0 aliphatic carbocycles. The molecule has 23 heteroatoms. The minimum absolute atomic E-state index is 0. The van der Waals surface area contributed by atoms with Crippen molar-refractivity contribution in [3.05, 3.63) is 301 Å². The van der Waals surface area contributed by atoms with Gasteiger partial charge >= 0.3 is 23.4 Å². The molecule has 0 radical (unpaired) electrons. The highest BCUT2D eigenvalue weighted by Crippen LogP contribution is 2.40. The van der Waals surface area contributed by atoms with E-state index in [0.29, 0.717) is 30.1 Å². The second-order valence-corrected chi connectivity index (χ2v) is 35.3. The molecule has 10 rings (SSSR count). The van der Waals surface area contributed by atoms with Crippen molar-refractivity contribution >= 4 is 54.0 Å². The van der Waals surface area contributed by atoms with E-state index in [-0.39, 0.29) is 126 Å². The van der Waals surface area contributed by atoms with Gasteiger partial charge in [-0.15, -0.1) is 0 Å². The van der Waals surface area contributed by atoms with Gasteiger partial charge in [-0.1, -0.05) is 287 Å². The summed E-state index contributed by atoms with van der Waals surface area (Å²) in [4.78, 5) is 31.3. The van der Waals surface area contributed by atoms with Crippen LogP contribution >= 0.6 is 0 Å². The third-order valence-corrected chi connectivity index (χ3v) is 25.2. The van der Waals surface area contributed by atoms with Crippen molar-refractivity contribution < 1.29 is 86.3 Å². The second kappa shape index (κ2) is 64.4. The van der Waals surface area contributed by atoms with Gasteiger partial charge in [0, 0.05) is 6.61 Å². The van der Waals surface area contributed by atoms with Crippen molar-refractivity contribution in [1.29, 1.82) is 0 Å². The number of rotatable bonds is 27. The number of carbonyl (C=O) groups excluding carboxylic acids is 2. The summed E-state index contributed by atoms with van der Waals surface area (Å²) in [5.74, 6) is 1.75. The van der Waals surface area contributed by atoms with E-state index >= 15 is 0 Å². The average Bonchev–Trinajstić information content (AvgIpc) is 0.772. The topological polar surface area (TPSA) is 215 Å². The molecule has 0 aliphatic rings. The van der Waals surface area contributed by atoms with Crippen molar-refractivity contribution in [3.63, 3.8) is 0 Å². The fraction of sp³-hybridized carbons (Fsp3) is 0.404. The van der Waals surface area contributed by atoms with Crippen LogP contribution in [0.25, 0.3) is 0 Å². The third-order valence-electron chi connectivity index (χ3n) is 19.0. The summed E-state index contributed by atoms with van der Waals surface area (Å²) in [6.07, 6.45) is -6.68. The smallest absolute Gasteiger partial charge is 0.432 e. The molecule has 712 valence electrons. The molecule has 1 N–H and O–H groups in total. The van der Waals surface area contributed by atoms with E-state index < -0.39 is 54.6 Å². The van der Waals surface area contributed by atoms with Crippen molar-refractivity contribution in [3.8, 4) is 17.2 Å². The molecular weight excluding hydrogens is 1700 g/mol. The molecule has 0 aromatic heterocycles. The van der Waals surface area contributed by atoms with E-state index in [0.717, 1.165) is 62.2 Å². The van der Waals surface area contributed by atoms with E-state index in [4.69, 9.17) is 24.1 Å². The fourth-order valence-electron chi connectivity index (χ4n) is 10.2. The SMILES string of the molecule is C.C.C.C.C.C.C.C.C.C.CCC(C)(C)C(=O)OC(C(F)(F)F)C(F)(F)S(=O)(=O)[O-].CCC(C)(C)C(=O)OC(C)c1ccc(OC)cc1.CCC(C)c1ccc(O)cc1.CCC(C)c1ccc(S(=O)(=O)[O-])cc1.CCOC(C)Oc1ccc(C(C)CC)cc1.c1ccc([S+](c2ccccc2)c2ccccc2)cc1.c1ccc([S+](c2ccccc2)c2ccccc2)cc1.